The van der Waals surface area contributed by atoms with Crippen molar-refractivity contribution in [2.45, 2.75) is 43.7 Å². The predicted octanol–water partition coefficient (Wildman–Crippen LogP) is 5.86. The van der Waals surface area contributed by atoms with Crippen molar-refractivity contribution >= 4 is 12.0 Å². The number of ether oxygens (including phenoxy) is 1. The van der Waals surface area contributed by atoms with Crippen molar-refractivity contribution < 1.29 is 18.3 Å². The Kier molecular flexibility index (Phi) is 9.80. The molecule has 3 aromatic rings. The highest BCUT2D eigenvalue weighted by Crippen LogP contribution is 2.29. The summed E-state index contributed by atoms with van der Waals surface area (Å²) in [6, 6.07) is 20.4. The molecular weight excluding hydrogens is 520 g/mol. The van der Waals surface area contributed by atoms with Crippen LogP contribution >= 0.6 is 0 Å². The highest BCUT2D eigenvalue weighted by molar-refractivity contribution is 5.87. The second-order valence-corrected chi connectivity index (χ2v) is 11.1. The van der Waals surface area contributed by atoms with Crippen LogP contribution in [-0.4, -0.2) is 67.6 Å². The van der Waals surface area contributed by atoms with Gasteiger partial charge in [0.1, 0.15) is 23.5 Å². The Morgan fingerprint density at radius 2 is 1.46 bits per heavy atom. The lowest BCUT2D eigenvalue weighted by Crippen LogP contribution is -2.47. The minimum absolute atomic E-state index is 0.0610. The maximum absolute atomic E-state index is 13.8. The van der Waals surface area contributed by atoms with Crippen molar-refractivity contribution in [3.8, 4) is 5.75 Å². The maximum Gasteiger partial charge on any atom is 0.234 e. The fraction of sp³-hybridized carbons (Fsp3) is 0.382. The normalized spacial score (nSPS) is 17.3. The molecule has 5 nitrogen and oxygen atoms in total. The first-order valence-corrected chi connectivity index (χ1v) is 14.6. The van der Waals surface area contributed by atoms with Crippen LogP contribution in [0.3, 0.4) is 0 Å². The number of rotatable bonds is 9. The standard InChI is InChI=1S/C34H39F2N3O2/c1-38(34(40)33(26-6-10-28(35)11-7-26)27-8-12-29(36)13-9-27)30-18-23-39(24-19-30)22-2-3-25-4-14-31(15-5-25)41-32-16-20-37-21-17-32/h2-15,30,32-33,37H,16-24H2,1H3/b3-2+. The van der Waals surface area contributed by atoms with Gasteiger partial charge in [-0.2, -0.15) is 0 Å². The monoisotopic (exact) mass is 559 g/mol. The summed E-state index contributed by atoms with van der Waals surface area (Å²) in [4.78, 5) is 18.0. The fourth-order valence-electron chi connectivity index (χ4n) is 5.76. The highest BCUT2D eigenvalue weighted by Gasteiger charge is 2.31. The van der Waals surface area contributed by atoms with E-state index in [9.17, 15) is 13.6 Å². The van der Waals surface area contributed by atoms with Crippen molar-refractivity contribution in [3.63, 3.8) is 0 Å². The van der Waals surface area contributed by atoms with E-state index in [1.54, 1.807) is 24.3 Å². The van der Waals surface area contributed by atoms with E-state index in [0.29, 0.717) is 17.2 Å². The third-order valence-corrected chi connectivity index (χ3v) is 8.25. The summed E-state index contributed by atoms with van der Waals surface area (Å²) in [5, 5.41) is 3.36. The Bertz CT molecular complexity index is 1240. The molecule has 2 aliphatic rings. The van der Waals surface area contributed by atoms with Gasteiger partial charge >= 0.3 is 0 Å². The van der Waals surface area contributed by atoms with Crippen LogP contribution in [0.2, 0.25) is 0 Å². The number of carbonyl (C=O) groups excluding carboxylic acids is 1. The molecule has 0 radical (unpaired) electrons. The number of nitrogens with one attached hydrogen (secondary N) is 1. The van der Waals surface area contributed by atoms with Gasteiger partial charge in [-0.1, -0.05) is 48.6 Å². The average molecular weight is 560 g/mol. The van der Waals surface area contributed by atoms with Gasteiger partial charge in [0, 0.05) is 32.7 Å². The number of hydrogen-bond acceptors (Lipinski definition) is 4. The van der Waals surface area contributed by atoms with Crippen molar-refractivity contribution in [2.24, 2.45) is 0 Å². The Morgan fingerprint density at radius 1 is 0.902 bits per heavy atom. The molecule has 41 heavy (non-hydrogen) atoms. The second kappa shape index (κ2) is 13.9. The maximum atomic E-state index is 13.8. The first-order valence-electron chi connectivity index (χ1n) is 14.6. The largest absolute Gasteiger partial charge is 0.490 e. The Balaban J connectivity index is 1.13. The molecule has 0 saturated carbocycles. The van der Waals surface area contributed by atoms with Gasteiger partial charge in [0.25, 0.3) is 0 Å². The van der Waals surface area contributed by atoms with E-state index in [0.717, 1.165) is 69.7 Å². The highest BCUT2D eigenvalue weighted by atomic mass is 19.1. The molecule has 1 amide bonds. The summed E-state index contributed by atoms with van der Waals surface area (Å²) < 4.78 is 33.3. The molecule has 2 aliphatic heterocycles. The molecule has 1 N–H and O–H groups in total. The first kappa shape index (κ1) is 29.0. The number of piperidine rings is 2. The quantitative estimate of drug-likeness (QED) is 0.357. The Morgan fingerprint density at radius 3 is 2.02 bits per heavy atom. The van der Waals surface area contributed by atoms with Gasteiger partial charge in [0.05, 0.1) is 5.92 Å². The number of likely N-dealkylation sites (tertiary alicyclic amines) is 1. The lowest BCUT2D eigenvalue weighted by Gasteiger charge is -2.38. The van der Waals surface area contributed by atoms with Gasteiger partial charge in [-0.25, -0.2) is 8.78 Å². The van der Waals surface area contributed by atoms with Crippen molar-refractivity contribution in [1.29, 1.82) is 0 Å². The molecule has 0 spiro atoms. The fourth-order valence-corrected chi connectivity index (χ4v) is 5.76. The van der Waals surface area contributed by atoms with Crippen molar-refractivity contribution in [3.05, 3.63) is 107 Å². The zero-order chi connectivity index (χ0) is 28.6. The molecular formula is C34H39F2N3O2. The zero-order valence-electron chi connectivity index (χ0n) is 23.6. The van der Waals surface area contributed by atoms with Crippen LogP contribution in [0.4, 0.5) is 8.78 Å². The minimum Gasteiger partial charge on any atom is -0.490 e. The molecule has 0 aliphatic carbocycles. The lowest BCUT2D eigenvalue weighted by atomic mass is 9.89. The number of nitrogens with zero attached hydrogens (tertiary/aromatic N) is 2. The van der Waals surface area contributed by atoms with Crippen LogP contribution in [0.15, 0.2) is 78.9 Å². The molecule has 7 heteroatoms. The van der Waals surface area contributed by atoms with E-state index in [2.05, 4.69) is 34.5 Å². The molecule has 3 aromatic carbocycles. The van der Waals surface area contributed by atoms with Crippen LogP contribution in [0, 0.1) is 11.6 Å². The molecule has 0 aromatic heterocycles. The van der Waals surface area contributed by atoms with E-state index < -0.39 is 5.92 Å². The van der Waals surface area contributed by atoms with Crippen molar-refractivity contribution in [1.82, 2.24) is 15.1 Å². The van der Waals surface area contributed by atoms with Crippen LogP contribution in [0.25, 0.3) is 6.08 Å². The van der Waals surface area contributed by atoms with E-state index in [-0.39, 0.29) is 23.6 Å². The zero-order valence-corrected chi connectivity index (χ0v) is 23.6. The van der Waals surface area contributed by atoms with Gasteiger partial charge in [0.15, 0.2) is 0 Å². The third kappa shape index (κ3) is 7.80. The number of carbonyl (C=O) groups is 1. The van der Waals surface area contributed by atoms with Crippen LogP contribution in [-0.2, 0) is 4.79 Å². The van der Waals surface area contributed by atoms with E-state index in [1.165, 1.54) is 24.3 Å². The van der Waals surface area contributed by atoms with E-state index in [4.69, 9.17) is 4.74 Å². The summed E-state index contributed by atoms with van der Waals surface area (Å²) in [5.41, 5.74) is 2.54. The smallest absolute Gasteiger partial charge is 0.234 e. The van der Waals surface area contributed by atoms with Gasteiger partial charge in [0.2, 0.25) is 5.91 Å². The van der Waals surface area contributed by atoms with Crippen LogP contribution < -0.4 is 10.1 Å². The van der Waals surface area contributed by atoms with E-state index >= 15 is 0 Å². The SMILES string of the molecule is CN(C(=O)C(c1ccc(F)cc1)c1ccc(F)cc1)C1CCN(C/C=C/c2ccc(OC3CCNCC3)cc2)CC1. The number of likely N-dealkylation sites (N-methyl/N-ethyl adjacent to an activating group) is 1. The first-order chi connectivity index (χ1) is 20.0. The summed E-state index contributed by atoms with van der Waals surface area (Å²) in [6.45, 7) is 4.68. The van der Waals surface area contributed by atoms with Gasteiger partial charge < -0.3 is 15.0 Å². The summed E-state index contributed by atoms with van der Waals surface area (Å²) in [5.74, 6) is -0.455. The third-order valence-electron chi connectivity index (χ3n) is 8.25. The van der Waals surface area contributed by atoms with Gasteiger partial charge in [-0.05, 0) is 91.9 Å². The molecule has 2 fully saturated rings. The minimum atomic E-state index is -0.612. The predicted molar refractivity (Wildman–Crippen MR) is 159 cm³/mol. The molecule has 2 saturated heterocycles. The summed E-state index contributed by atoms with van der Waals surface area (Å²) >= 11 is 0. The Hall–Kier alpha value is -3.55. The van der Waals surface area contributed by atoms with Gasteiger partial charge in [-0.3, -0.25) is 9.69 Å². The van der Waals surface area contributed by atoms with Crippen LogP contribution in [0.1, 0.15) is 48.3 Å². The van der Waals surface area contributed by atoms with Crippen molar-refractivity contribution in [2.75, 3.05) is 39.8 Å². The molecule has 0 bridgehead atoms. The molecule has 5 rings (SSSR count). The Labute approximate surface area is 241 Å². The number of hydrogen-bond donors (Lipinski definition) is 1. The molecule has 2 heterocycles. The van der Waals surface area contributed by atoms with E-state index in [1.807, 2.05) is 24.1 Å². The van der Waals surface area contributed by atoms with Gasteiger partial charge in [-0.15, -0.1) is 0 Å². The topological polar surface area (TPSA) is 44.8 Å². The number of benzene rings is 3. The second-order valence-electron chi connectivity index (χ2n) is 11.1. The lowest BCUT2D eigenvalue weighted by molar-refractivity contribution is -0.133. The van der Waals surface area contributed by atoms with Crippen LogP contribution in [0.5, 0.6) is 5.75 Å². The summed E-state index contributed by atoms with van der Waals surface area (Å²) in [6.07, 6.45) is 8.47. The molecule has 216 valence electrons. The number of amides is 1. The number of halogens is 2. The molecule has 0 atom stereocenters. The summed E-state index contributed by atoms with van der Waals surface area (Å²) in [7, 11) is 1.85. The molecule has 0 unspecified atom stereocenters. The average Bonchev–Trinajstić information content (AvgIpc) is 3.00.